The number of benzene rings is 1. The van der Waals surface area contributed by atoms with Crippen molar-refractivity contribution in [1.29, 1.82) is 0 Å². The van der Waals surface area contributed by atoms with Gasteiger partial charge in [-0.2, -0.15) is 0 Å². The van der Waals surface area contributed by atoms with Gasteiger partial charge in [-0.15, -0.1) is 5.10 Å². The molecular weight excluding hydrogens is 401 g/mol. The minimum atomic E-state index is -0.556. The Morgan fingerprint density at radius 3 is 2.86 bits per heavy atom. The first-order valence-corrected chi connectivity index (χ1v) is 9.46. The zero-order valence-corrected chi connectivity index (χ0v) is 16.3. The van der Waals surface area contributed by atoms with Gasteiger partial charge in [0.15, 0.2) is 5.65 Å². The number of aromatic nitrogens is 3. The molecule has 2 N–H and O–H groups in total. The Bertz CT molecular complexity index is 1120. The SMILES string of the molecule is C[C@H](NC(=O)Cn1nc2cc(NC3COC3)ccn2c1=O)c1ccc(Cl)c(F)c1. The van der Waals surface area contributed by atoms with Crippen LogP contribution in [0.5, 0.6) is 0 Å². The summed E-state index contributed by atoms with van der Waals surface area (Å²) in [5, 5.41) is 10.3. The predicted molar refractivity (Wildman–Crippen MR) is 106 cm³/mol. The van der Waals surface area contributed by atoms with Gasteiger partial charge in [-0.05, 0) is 30.7 Å². The molecule has 0 radical (unpaired) electrons. The number of nitrogens with one attached hydrogen (secondary N) is 2. The Hall–Kier alpha value is -2.91. The van der Waals surface area contributed by atoms with E-state index in [9.17, 15) is 14.0 Å². The highest BCUT2D eigenvalue weighted by Crippen LogP contribution is 2.20. The van der Waals surface area contributed by atoms with E-state index in [0.29, 0.717) is 24.4 Å². The van der Waals surface area contributed by atoms with Crippen LogP contribution in [0.15, 0.2) is 41.3 Å². The molecule has 10 heteroatoms. The Labute approximate surface area is 170 Å². The zero-order chi connectivity index (χ0) is 20.5. The smallest absolute Gasteiger partial charge is 0.350 e. The standard InChI is InChI=1S/C19H19ClFN5O3/c1-11(12-2-3-15(20)16(21)6-12)22-18(27)8-26-19(28)25-5-4-13(7-17(25)24-26)23-14-9-29-10-14/h2-7,11,14,23H,8-10H2,1H3,(H,22,27)/t11-/m0/s1. The number of halogens is 2. The molecule has 1 fully saturated rings. The van der Waals surface area contributed by atoms with Crippen molar-refractivity contribution in [3.63, 3.8) is 0 Å². The molecule has 2 aromatic heterocycles. The van der Waals surface area contributed by atoms with Gasteiger partial charge in [0, 0.05) is 18.0 Å². The second-order valence-corrected chi connectivity index (χ2v) is 7.33. The molecule has 0 unspecified atom stereocenters. The average Bonchev–Trinajstić information content (AvgIpc) is 2.95. The summed E-state index contributed by atoms with van der Waals surface area (Å²) in [6.45, 7) is 2.75. The van der Waals surface area contributed by atoms with Crippen molar-refractivity contribution in [2.24, 2.45) is 0 Å². The number of ether oxygens (including phenoxy) is 1. The molecule has 29 heavy (non-hydrogen) atoms. The average molecular weight is 420 g/mol. The Morgan fingerprint density at radius 2 is 2.17 bits per heavy atom. The molecule has 1 atom stereocenters. The van der Waals surface area contributed by atoms with Crippen molar-refractivity contribution in [2.45, 2.75) is 25.6 Å². The fourth-order valence-corrected chi connectivity index (χ4v) is 3.17. The number of hydrogen-bond donors (Lipinski definition) is 2. The van der Waals surface area contributed by atoms with Crippen LogP contribution in [0.3, 0.4) is 0 Å². The van der Waals surface area contributed by atoms with E-state index in [1.807, 2.05) is 0 Å². The van der Waals surface area contributed by atoms with Crippen molar-refractivity contribution >= 4 is 28.8 Å². The molecule has 1 saturated heterocycles. The van der Waals surface area contributed by atoms with Gasteiger partial charge < -0.3 is 15.4 Å². The minimum absolute atomic E-state index is 0.0159. The number of nitrogens with zero attached hydrogens (tertiary/aromatic N) is 3. The van der Waals surface area contributed by atoms with Crippen LogP contribution in [-0.4, -0.2) is 39.3 Å². The summed E-state index contributed by atoms with van der Waals surface area (Å²) >= 11 is 5.68. The van der Waals surface area contributed by atoms with Crippen LogP contribution in [0, 0.1) is 5.82 Å². The van der Waals surface area contributed by atoms with Crippen molar-refractivity contribution in [3.05, 3.63) is 63.4 Å². The summed E-state index contributed by atoms with van der Waals surface area (Å²) in [4.78, 5) is 24.9. The zero-order valence-electron chi connectivity index (χ0n) is 15.6. The minimum Gasteiger partial charge on any atom is -0.377 e. The highest BCUT2D eigenvalue weighted by atomic mass is 35.5. The van der Waals surface area contributed by atoms with E-state index in [-0.39, 0.29) is 17.6 Å². The molecular formula is C19H19ClFN5O3. The van der Waals surface area contributed by atoms with E-state index in [2.05, 4.69) is 15.7 Å². The molecule has 3 heterocycles. The molecule has 1 aliphatic rings. The van der Waals surface area contributed by atoms with E-state index in [1.54, 1.807) is 31.3 Å². The number of carbonyl (C=O) groups excluding carboxylic acids is 1. The van der Waals surface area contributed by atoms with Crippen LogP contribution < -0.4 is 16.3 Å². The number of hydrogen-bond acceptors (Lipinski definition) is 5. The maximum Gasteiger partial charge on any atom is 0.350 e. The summed E-state index contributed by atoms with van der Waals surface area (Å²) < 4.78 is 21.2. The fourth-order valence-electron chi connectivity index (χ4n) is 3.05. The van der Waals surface area contributed by atoms with E-state index < -0.39 is 23.5 Å². The highest BCUT2D eigenvalue weighted by Gasteiger charge is 2.19. The molecule has 0 aliphatic carbocycles. The van der Waals surface area contributed by atoms with Gasteiger partial charge in [0.2, 0.25) is 5.91 Å². The molecule has 1 aliphatic heterocycles. The van der Waals surface area contributed by atoms with Crippen LogP contribution in [0.25, 0.3) is 5.65 Å². The van der Waals surface area contributed by atoms with Gasteiger partial charge >= 0.3 is 5.69 Å². The number of carbonyl (C=O) groups is 1. The number of pyridine rings is 1. The first kappa shape index (κ1) is 19.4. The van der Waals surface area contributed by atoms with E-state index >= 15 is 0 Å². The maximum absolute atomic E-state index is 13.6. The second-order valence-electron chi connectivity index (χ2n) is 6.93. The van der Waals surface area contributed by atoms with Crippen molar-refractivity contribution in [1.82, 2.24) is 19.5 Å². The van der Waals surface area contributed by atoms with Crippen LogP contribution in [0.4, 0.5) is 10.1 Å². The van der Waals surface area contributed by atoms with Gasteiger partial charge in [0.05, 0.1) is 30.3 Å². The molecule has 0 saturated carbocycles. The quantitative estimate of drug-likeness (QED) is 0.637. The first-order valence-electron chi connectivity index (χ1n) is 9.08. The molecule has 8 nitrogen and oxygen atoms in total. The molecule has 152 valence electrons. The molecule has 0 spiro atoms. The van der Waals surface area contributed by atoms with Crippen LogP contribution in [-0.2, 0) is 16.1 Å². The van der Waals surface area contributed by atoms with Crippen LogP contribution in [0.1, 0.15) is 18.5 Å². The third-order valence-corrected chi connectivity index (χ3v) is 5.01. The predicted octanol–water partition coefficient (Wildman–Crippen LogP) is 1.98. The monoisotopic (exact) mass is 419 g/mol. The van der Waals surface area contributed by atoms with Gasteiger partial charge in [-0.25, -0.2) is 13.9 Å². The summed E-state index contributed by atoms with van der Waals surface area (Å²) in [5.41, 5.74) is 1.41. The third kappa shape index (κ3) is 4.10. The number of rotatable bonds is 6. The van der Waals surface area contributed by atoms with Gasteiger partial charge in [-0.1, -0.05) is 17.7 Å². The molecule has 4 rings (SSSR count). The Kier molecular flexibility index (Phi) is 5.25. The van der Waals surface area contributed by atoms with Gasteiger partial charge in [0.1, 0.15) is 12.4 Å². The summed E-state index contributed by atoms with van der Waals surface area (Å²) in [5.74, 6) is -0.969. The van der Waals surface area contributed by atoms with Crippen LogP contribution in [0.2, 0.25) is 5.02 Å². The Balaban J connectivity index is 1.46. The van der Waals surface area contributed by atoms with Gasteiger partial charge in [-0.3, -0.25) is 9.20 Å². The summed E-state index contributed by atoms with van der Waals surface area (Å²) in [6, 6.07) is 7.64. The molecule has 1 amide bonds. The lowest BCUT2D eigenvalue weighted by atomic mass is 10.1. The molecule has 3 aromatic rings. The highest BCUT2D eigenvalue weighted by molar-refractivity contribution is 6.30. The van der Waals surface area contributed by atoms with Crippen LogP contribution >= 0.6 is 11.6 Å². The number of amides is 1. The normalized spacial score (nSPS) is 15.1. The van der Waals surface area contributed by atoms with Crippen molar-refractivity contribution < 1.29 is 13.9 Å². The van der Waals surface area contributed by atoms with E-state index in [4.69, 9.17) is 16.3 Å². The number of fused-ring (bicyclic) bond motifs is 1. The van der Waals surface area contributed by atoms with E-state index in [0.717, 1.165) is 10.4 Å². The van der Waals surface area contributed by atoms with Crippen molar-refractivity contribution in [3.8, 4) is 0 Å². The second kappa shape index (κ2) is 7.84. The van der Waals surface area contributed by atoms with E-state index in [1.165, 1.54) is 16.5 Å². The lowest BCUT2D eigenvalue weighted by Gasteiger charge is -2.27. The maximum atomic E-state index is 13.6. The Morgan fingerprint density at radius 1 is 1.38 bits per heavy atom. The first-order chi connectivity index (χ1) is 13.9. The molecule has 0 bridgehead atoms. The van der Waals surface area contributed by atoms with Gasteiger partial charge in [0.25, 0.3) is 0 Å². The molecule has 1 aromatic carbocycles. The lowest BCUT2D eigenvalue weighted by molar-refractivity contribution is -0.122. The third-order valence-electron chi connectivity index (χ3n) is 4.71. The largest absolute Gasteiger partial charge is 0.377 e. The summed E-state index contributed by atoms with van der Waals surface area (Å²) in [7, 11) is 0. The summed E-state index contributed by atoms with van der Waals surface area (Å²) in [6.07, 6.45) is 1.61. The fraction of sp³-hybridized carbons (Fsp3) is 0.316. The number of anilines is 1. The topological polar surface area (TPSA) is 89.7 Å². The lowest BCUT2D eigenvalue weighted by Crippen LogP contribution is -2.40. The van der Waals surface area contributed by atoms with Crippen molar-refractivity contribution in [2.75, 3.05) is 18.5 Å².